The molecule has 2 atom stereocenters. The Balaban J connectivity index is 0. The van der Waals surface area contributed by atoms with E-state index >= 15 is 0 Å². The number of rotatable bonds is 9. The standard InChI is InChI=1S/C18H28O2.C11H22O3.C2H6/c1-14(2)12-18(6,17(3,4)5)16(19)20-13-15-10-8-7-9-11-15;1-6-11(5,10(2,3)4)9(13)14-8-7-12;1-2/h7-11,14H,12-13H2,1-6H3;12H,6-8H2,1-5H3;1-2H3. The van der Waals surface area contributed by atoms with E-state index in [0.29, 0.717) is 12.5 Å². The molecule has 0 radical (unpaired) electrons. The molecule has 1 N–H and O–H groups in total. The van der Waals surface area contributed by atoms with Crippen LogP contribution in [0.4, 0.5) is 0 Å². The molecule has 0 amide bonds. The first-order valence-electron chi connectivity index (χ1n) is 13.5. The van der Waals surface area contributed by atoms with Crippen LogP contribution in [-0.2, 0) is 25.7 Å². The van der Waals surface area contributed by atoms with Crippen LogP contribution >= 0.6 is 0 Å². The number of benzene rings is 1. The second kappa shape index (κ2) is 16.1. The highest BCUT2D eigenvalue weighted by molar-refractivity contribution is 5.77. The Labute approximate surface area is 222 Å². The smallest absolute Gasteiger partial charge is 0.312 e. The molecule has 0 aliphatic carbocycles. The van der Waals surface area contributed by atoms with E-state index < -0.39 is 10.8 Å². The van der Waals surface area contributed by atoms with Crippen molar-refractivity contribution in [3.63, 3.8) is 0 Å². The first-order chi connectivity index (χ1) is 16.5. The summed E-state index contributed by atoms with van der Waals surface area (Å²) in [6, 6.07) is 9.83. The molecular formula is C31H56O5. The predicted octanol–water partition coefficient (Wildman–Crippen LogP) is 7.84. The van der Waals surface area contributed by atoms with Crippen molar-refractivity contribution in [2.45, 2.75) is 109 Å². The fraction of sp³-hybridized carbons (Fsp3) is 0.742. The minimum atomic E-state index is -0.484. The lowest BCUT2D eigenvalue weighted by Gasteiger charge is -2.40. The normalized spacial score (nSPS) is 14.8. The van der Waals surface area contributed by atoms with Crippen LogP contribution in [0.5, 0.6) is 0 Å². The van der Waals surface area contributed by atoms with Crippen molar-refractivity contribution in [3.8, 4) is 0 Å². The molecule has 0 aromatic heterocycles. The highest BCUT2D eigenvalue weighted by atomic mass is 16.5. The highest BCUT2D eigenvalue weighted by Crippen LogP contribution is 2.44. The van der Waals surface area contributed by atoms with Gasteiger partial charge in [-0.2, -0.15) is 0 Å². The summed E-state index contributed by atoms with van der Waals surface area (Å²) < 4.78 is 10.6. The predicted molar refractivity (Wildman–Crippen MR) is 151 cm³/mol. The van der Waals surface area contributed by atoms with Crippen molar-refractivity contribution >= 4 is 11.9 Å². The van der Waals surface area contributed by atoms with Crippen molar-refractivity contribution < 1.29 is 24.2 Å². The first kappa shape index (κ1) is 36.3. The average Bonchev–Trinajstić information content (AvgIpc) is 2.80. The third-order valence-electron chi connectivity index (χ3n) is 7.27. The summed E-state index contributed by atoms with van der Waals surface area (Å²) in [6.45, 7) is 26.9. The Morgan fingerprint density at radius 1 is 0.806 bits per heavy atom. The van der Waals surface area contributed by atoms with Gasteiger partial charge in [0.15, 0.2) is 0 Å². The second-order valence-corrected chi connectivity index (χ2v) is 12.0. The van der Waals surface area contributed by atoms with Crippen LogP contribution in [0.3, 0.4) is 0 Å². The van der Waals surface area contributed by atoms with Gasteiger partial charge in [0, 0.05) is 0 Å². The van der Waals surface area contributed by atoms with Gasteiger partial charge in [-0.25, -0.2) is 0 Å². The van der Waals surface area contributed by atoms with Crippen molar-refractivity contribution in [1.29, 1.82) is 0 Å². The number of hydrogen-bond acceptors (Lipinski definition) is 5. The van der Waals surface area contributed by atoms with E-state index in [-0.39, 0.29) is 36.0 Å². The Morgan fingerprint density at radius 2 is 1.25 bits per heavy atom. The van der Waals surface area contributed by atoms with Gasteiger partial charge in [-0.3, -0.25) is 9.59 Å². The van der Waals surface area contributed by atoms with E-state index in [1.54, 1.807) is 0 Å². The molecule has 210 valence electrons. The summed E-state index contributed by atoms with van der Waals surface area (Å²) in [5, 5.41) is 8.58. The Bertz CT molecular complexity index is 742. The molecule has 1 aromatic carbocycles. The van der Waals surface area contributed by atoms with Crippen LogP contribution in [0.1, 0.15) is 108 Å². The third kappa shape index (κ3) is 11.0. The molecule has 0 aliphatic heterocycles. The Morgan fingerprint density at radius 3 is 1.61 bits per heavy atom. The molecule has 0 fully saturated rings. The fourth-order valence-electron chi connectivity index (χ4n) is 3.67. The molecule has 0 bridgehead atoms. The number of carbonyl (C=O) groups excluding carboxylic acids is 2. The number of hydrogen-bond donors (Lipinski definition) is 1. The molecule has 0 aliphatic rings. The van der Waals surface area contributed by atoms with Crippen molar-refractivity contribution in [1.82, 2.24) is 0 Å². The third-order valence-corrected chi connectivity index (χ3v) is 7.27. The van der Waals surface area contributed by atoms with Gasteiger partial charge >= 0.3 is 11.9 Å². The number of ether oxygens (including phenoxy) is 2. The van der Waals surface area contributed by atoms with E-state index in [1.807, 2.05) is 85.7 Å². The summed E-state index contributed by atoms with van der Waals surface area (Å²) >= 11 is 0. The minimum Gasteiger partial charge on any atom is -0.463 e. The summed E-state index contributed by atoms with van der Waals surface area (Å²) in [6.07, 6.45) is 1.57. The molecule has 0 saturated carbocycles. The molecule has 0 heterocycles. The van der Waals surface area contributed by atoms with Crippen LogP contribution < -0.4 is 0 Å². The van der Waals surface area contributed by atoms with Crippen LogP contribution in [-0.4, -0.2) is 30.3 Å². The summed E-state index contributed by atoms with van der Waals surface area (Å²) in [5.41, 5.74) is -0.168. The van der Waals surface area contributed by atoms with Gasteiger partial charge in [-0.15, -0.1) is 0 Å². The monoisotopic (exact) mass is 508 g/mol. The molecule has 2 unspecified atom stereocenters. The van der Waals surface area contributed by atoms with Crippen LogP contribution in [0.15, 0.2) is 30.3 Å². The maximum absolute atomic E-state index is 12.6. The van der Waals surface area contributed by atoms with Crippen LogP contribution in [0.2, 0.25) is 0 Å². The van der Waals surface area contributed by atoms with Crippen molar-refractivity contribution in [2.24, 2.45) is 27.6 Å². The number of esters is 2. The molecular weight excluding hydrogens is 452 g/mol. The quantitative estimate of drug-likeness (QED) is 0.344. The SMILES string of the molecule is CC.CC(C)CC(C)(C(=O)OCc1ccccc1)C(C)(C)C.CCC(C)(C(=O)OCCO)C(C)(C)C. The lowest BCUT2D eigenvalue weighted by Crippen LogP contribution is -2.42. The largest absolute Gasteiger partial charge is 0.463 e. The summed E-state index contributed by atoms with van der Waals surface area (Å²) in [4.78, 5) is 24.4. The van der Waals surface area contributed by atoms with E-state index in [9.17, 15) is 9.59 Å². The average molecular weight is 509 g/mol. The molecule has 0 spiro atoms. The van der Waals surface area contributed by atoms with Crippen molar-refractivity contribution in [2.75, 3.05) is 13.2 Å². The van der Waals surface area contributed by atoms with E-state index in [4.69, 9.17) is 14.6 Å². The zero-order chi connectivity index (χ0) is 28.8. The molecule has 5 nitrogen and oxygen atoms in total. The lowest BCUT2D eigenvalue weighted by molar-refractivity contribution is -0.165. The van der Waals surface area contributed by atoms with Gasteiger partial charge in [-0.05, 0) is 49.0 Å². The number of carbonyl (C=O) groups is 2. The van der Waals surface area contributed by atoms with Gasteiger partial charge in [0.2, 0.25) is 0 Å². The minimum absolute atomic E-state index is 0.0878. The summed E-state index contributed by atoms with van der Waals surface area (Å²) in [5.74, 6) is 0.146. The number of aliphatic hydroxyl groups excluding tert-OH is 1. The van der Waals surface area contributed by atoms with Gasteiger partial charge in [0.1, 0.15) is 13.2 Å². The Kier molecular flexibility index (Phi) is 16.2. The zero-order valence-corrected chi connectivity index (χ0v) is 25.6. The maximum atomic E-state index is 12.6. The highest BCUT2D eigenvalue weighted by Gasteiger charge is 2.46. The van der Waals surface area contributed by atoms with E-state index in [2.05, 4.69) is 34.6 Å². The molecule has 0 saturated heterocycles. The molecule has 36 heavy (non-hydrogen) atoms. The molecule has 1 aromatic rings. The van der Waals surface area contributed by atoms with Gasteiger partial charge < -0.3 is 14.6 Å². The molecule has 1 rings (SSSR count). The van der Waals surface area contributed by atoms with Crippen LogP contribution in [0, 0.1) is 27.6 Å². The fourth-order valence-corrected chi connectivity index (χ4v) is 3.67. The van der Waals surface area contributed by atoms with Crippen LogP contribution in [0.25, 0.3) is 0 Å². The first-order valence-corrected chi connectivity index (χ1v) is 13.5. The van der Waals surface area contributed by atoms with Gasteiger partial charge in [-0.1, -0.05) is 106 Å². The van der Waals surface area contributed by atoms with E-state index in [1.165, 1.54) is 0 Å². The zero-order valence-electron chi connectivity index (χ0n) is 25.6. The Hall–Kier alpha value is -1.88. The number of aliphatic hydroxyl groups is 1. The topological polar surface area (TPSA) is 72.8 Å². The lowest BCUT2D eigenvalue weighted by atomic mass is 9.64. The molecule has 5 heteroatoms. The van der Waals surface area contributed by atoms with Gasteiger partial charge in [0.25, 0.3) is 0 Å². The summed E-state index contributed by atoms with van der Waals surface area (Å²) in [7, 11) is 0. The van der Waals surface area contributed by atoms with E-state index in [0.717, 1.165) is 18.4 Å². The second-order valence-electron chi connectivity index (χ2n) is 12.0. The van der Waals surface area contributed by atoms with Crippen molar-refractivity contribution in [3.05, 3.63) is 35.9 Å². The maximum Gasteiger partial charge on any atom is 0.312 e. The van der Waals surface area contributed by atoms with Gasteiger partial charge in [0.05, 0.1) is 17.4 Å².